The quantitative estimate of drug-likeness (QED) is 0.618. The van der Waals surface area contributed by atoms with Crippen LogP contribution in [-0.2, 0) is 4.79 Å². The molecule has 7 atom stereocenters. The lowest BCUT2D eigenvalue weighted by molar-refractivity contribution is -0.136. The summed E-state index contributed by atoms with van der Waals surface area (Å²) < 4.78 is 13.2. The molecule has 36 heavy (non-hydrogen) atoms. The second-order valence-corrected chi connectivity index (χ2v) is 11.3. The highest BCUT2D eigenvalue weighted by Crippen LogP contribution is 2.54. The fourth-order valence-electron chi connectivity index (χ4n) is 7.56. The molecule has 5 fully saturated rings. The van der Waals surface area contributed by atoms with Crippen LogP contribution in [0.15, 0.2) is 48.5 Å². The summed E-state index contributed by atoms with van der Waals surface area (Å²) in [6.07, 6.45) is 2.87. The molecule has 7 rings (SSSR count). The molecule has 3 N–H and O–H groups in total. The van der Waals surface area contributed by atoms with E-state index in [1.807, 2.05) is 29.2 Å². The summed E-state index contributed by atoms with van der Waals surface area (Å²) in [6.45, 7) is 3.29. The van der Waals surface area contributed by atoms with Gasteiger partial charge < -0.3 is 9.80 Å². The van der Waals surface area contributed by atoms with Crippen molar-refractivity contribution in [2.24, 2.45) is 29.6 Å². The molecule has 2 aromatic rings. The summed E-state index contributed by atoms with van der Waals surface area (Å²) in [7, 11) is 0. The molecule has 2 aromatic carbocycles. The maximum atomic E-state index is 13.3. The summed E-state index contributed by atoms with van der Waals surface area (Å²) in [6, 6.07) is 14.8. The van der Waals surface area contributed by atoms with E-state index in [0.717, 1.165) is 56.6 Å². The number of amides is 2. The van der Waals surface area contributed by atoms with E-state index < -0.39 is 0 Å². The Bertz CT molecular complexity index is 1150. The van der Waals surface area contributed by atoms with Gasteiger partial charge in [0.15, 0.2) is 0 Å². The van der Waals surface area contributed by atoms with Crippen molar-refractivity contribution in [2.45, 2.75) is 31.3 Å². The summed E-state index contributed by atoms with van der Waals surface area (Å²) in [4.78, 5) is 30.7. The monoisotopic (exact) mass is 489 g/mol. The second-order valence-electron chi connectivity index (χ2n) is 11.3. The summed E-state index contributed by atoms with van der Waals surface area (Å²) in [5.74, 6) is 2.37. The molecule has 0 bridgehead atoms. The number of rotatable bonds is 3. The summed E-state index contributed by atoms with van der Waals surface area (Å²) >= 11 is 0. The first-order chi connectivity index (χ1) is 17.5. The van der Waals surface area contributed by atoms with Gasteiger partial charge in [0.2, 0.25) is 5.91 Å². The lowest BCUT2D eigenvalue weighted by Crippen LogP contribution is -2.45. The maximum Gasteiger partial charge on any atom is 0.253 e. The van der Waals surface area contributed by atoms with E-state index in [1.165, 1.54) is 12.1 Å². The van der Waals surface area contributed by atoms with Gasteiger partial charge in [-0.1, -0.05) is 24.3 Å². The SMILES string of the molecule is O=C(c1ccc(-c2ccc(F)cc2)cc1)N1C[C@@H]2[C@H](C1)[C@H]1CN(C(=O)C3CCC4NNNC4C3)C[C@@H]21. The van der Waals surface area contributed by atoms with E-state index in [9.17, 15) is 14.0 Å². The van der Waals surface area contributed by atoms with Gasteiger partial charge in [-0.05, 0) is 78.3 Å². The molecule has 188 valence electrons. The van der Waals surface area contributed by atoms with Crippen LogP contribution in [-0.4, -0.2) is 59.9 Å². The van der Waals surface area contributed by atoms with Gasteiger partial charge in [-0.25, -0.2) is 15.2 Å². The number of hydrogen-bond acceptors (Lipinski definition) is 5. The third-order valence-corrected chi connectivity index (χ3v) is 9.55. The number of nitrogens with zero attached hydrogens (tertiary/aromatic N) is 2. The first kappa shape index (κ1) is 22.4. The average Bonchev–Trinajstić information content (AvgIpc) is 3.62. The number of hydrazine groups is 2. The van der Waals surface area contributed by atoms with Gasteiger partial charge in [-0.15, -0.1) is 0 Å². The number of nitrogens with one attached hydrogen (secondary N) is 3. The van der Waals surface area contributed by atoms with Crippen LogP contribution in [0.2, 0.25) is 0 Å². The molecule has 2 aliphatic carbocycles. The first-order valence-electron chi connectivity index (χ1n) is 13.3. The molecular weight excluding hydrogens is 457 g/mol. The summed E-state index contributed by atoms with van der Waals surface area (Å²) in [5, 5.41) is 0. The lowest BCUT2D eigenvalue weighted by atomic mass is 9.60. The zero-order valence-corrected chi connectivity index (χ0v) is 20.2. The molecule has 3 aliphatic heterocycles. The molecule has 0 radical (unpaired) electrons. The van der Waals surface area contributed by atoms with Crippen LogP contribution in [0.4, 0.5) is 4.39 Å². The van der Waals surface area contributed by atoms with Crippen molar-refractivity contribution in [2.75, 3.05) is 26.2 Å². The van der Waals surface area contributed by atoms with E-state index in [4.69, 9.17) is 0 Å². The fourth-order valence-corrected chi connectivity index (χ4v) is 7.56. The van der Waals surface area contributed by atoms with Gasteiger partial charge in [0.05, 0.1) is 0 Å². The van der Waals surface area contributed by atoms with Gasteiger partial charge in [-0.3, -0.25) is 9.59 Å². The highest BCUT2D eigenvalue weighted by molar-refractivity contribution is 5.95. The van der Waals surface area contributed by atoms with E-state index in [2.05, 4.69) is 21.3 Å². The van der Waals surface area contributed by atoms with Crippen molar-refractivity contribution in [1.82, 2.24) is 26.2 Å². The van der Waals surface area contributed by atoms with Crippen LogP contribution < -0.4 is 16.4 Å². The Morgan fingerprint density at radius 3 is 1.92 bits per heavy atom. The van der Waals surface area contributed by atoms with Crippen molar-refractivity contribution in [3.8, 4) is 11.1 Å². The van der Waals surface area contributed by atoms with E-state index >= 15 is 0 Å². The number of hydrogen-bond donors (Lipinski definition) is 3. The zero-order valence-electron chi connectivity index (χ0n) is 20.2. The first-order valence-corrected chi connectivity index (χ1v) is 13.3. The Morgan fingerprint density at radius 1 is 0.722 bits per heavy atom. The van der Waals surface area contributed by atoms with Gasteiger partial charge in [0.25, 0.3) is 5.91 Å². The highest BCUT2D eigenvalue weighted by atomic mass is 19.1. The number of fused-ring (bicyclic) bond motifs is 5. The Labute approximate surface area is 210 Å². The fraction of sp³-hybridized carbons (Fsp3) is 0.500. The minimum Gasteiger partial charge on any atom is -0.342 e. The number of halogens is 1. The average molecular weight is 490 g/mol. The third-order valence-electron chi connectivity index (χ3n) is 9.55. The van der Waals surface area contributed by atoms with Crippen molar-refractivity contribution in [1.29, 1.82) is 0 Å². The standard InChI is InChI=1S/C28H32FN5O2/c29-20-8-5-17(6-9-20)16-1-3-18(4-2-16)27(35)33-12-21-22(13-33)24-15-34(14-23(21)24)28(36)19-7-10-25-26(11-19)31-32-30-25/h1-6,8-9,19,21-26,30-32H,7,10-15H2/t19?,21-,22+,23+,24-,25?,26?. The predicted octanol–water partition coefficient (Wildman–Crippen LogP) is 2.42. The second kappa shape index (κ2) is 8.64. The van der Waals surface area contributed by atoms with Crippen LogP contribution in [0.5, 0.6) is 0 Å². The van der Waals surface area contributed by atoms with Crippen LogP contribution in [0, 0.1) is 35.4 Å². The van der Waals surface area contributed by atoms with E-state index in [1.54, 1.807) is 12.1 Å². The predicted molar refractivity (Wildman–Crippen MR) is 133 cm³/mol. The molecule has 3 heterocycles. The van der Waals surface area contributed by atoms with Crippen LogP contribution >= 0.6 is 0 Å². The van der Waals surface area contributed by atoms with Crippen molar-refractivity contribution in [3.05, 3.63) is 59.9 Å². The molecule has 2 amide bonds. The Balaban J connectivity index is 0.959. The minimum absolute atomic E-state index is 0.0871. The smallest absolute Gasteiger partial charge is 0.253 e. The molecule has 7 nitrogen and oxygen atoms in total. The van der Waals surface area contributed by atoms with Gasteiger partial charge in [-0.2, -0.15) is 5.53 Å². The number of carbonyl (C=O) groups excluding carboxylic acids is 2. The van der Waals surface area contributed by atoms with Crippen molar-refractivity contribution >= 4 is 11.8 Å². The zero-order chi connectivity index (χ0) is 24.4. The Morgan fingerprint density at radius 2 is 1.28 bits per heavy atom. The topological polar surface area (TPSA) is 76.7 Å². The molecule has 0 spiro atoms. The van der Waals surface area contributed by atoms with Crippen LogP contribution in [0.1, 0.15) is 29.6 Å². The number of carbonyl (C=O) groups is 2. The third kappa shape index (κ3) is 3.66. The highest BCUT2D eigenvalue weighted by Gasteiger charge is 2.59. The maximum absolute atomic E-state index is 13.3. The molecule has 0 aromatic heterocycles. The van der Waals surface area contributed by atoms with Crippen LogP contribution in [0.3, 0.4) is 0 Å². The van der Waals surface area contributed by atoms with Gasteiger partial charge in [0.1, 0.15) is 5.82 Å². The molecule has 3 saturated heterocycles. The minimum atomic E-state index is -0.255. The normalized spacial score (nSPS) is 34.6. The molecule has 8 heteroatoms. The van der Waals surface area contributed by atoms with Crippen molar-refractivity contribution in [3.63, 3.8) is 0 Å². The van der Waals surface area contributed by atoms with Crippen molar-refractivity contribution < 1.29 is 14.0 Å². The Kier molecular flexibility index (Phi) is 5.38. The van der Waals surface area contributed by atoms with Gasteiger partial charge in [0, 0.05) is 49.7 Å². The molecule has 3 unspecified atom stereocenters. The number of likely N-dealkylation sites (tertiary alicyclic amines) is 2. The van der Waals surface area contributed by atoms with E-state index in [-0.39, 0.29) is 17.6 Å². The Hall–Kier alpha value is -2.81. The molecular formula is C28H32FN5O2. The van der Waals surface area contributed by atoms with E-state index in [0.29, 0.717) is 47.2 Å². The van der Waals surface area contributed by atoms with Crippen LogP contribution in [0.25, 0.3) is 11.1 Å². The number of benzene rings is 2. The summed E-state index contributed by atoms with van der Waals surface area (Å²) in [5.41, 5.74) is 12.1. The largest absolute Gasteiger partial charge is 0.342 e. The molecule has 2 saturated carbocycles. The lowest BCUT2D eigenvalue weighted by Gasteiger charge is -2.42. The van der Waals surface area contributed by atoms with Gasteiger partial charge >= 0.3 is 0 Å². The molecule has 5 aliphatic rings.